The van der Waals surface area contributed by atoms with Gasteiger partial charge in [0, 0.05) is 7.05 Å². The number of aromatic nitrogens is 2. The predicted octanol–water partition coefficient (Wildman–Crippen LogP) is 2.57. The van der Waals surface area contributed by atoms with Crippen molar-refractivity contribution in [3.05, 3.63) is 21.9 Å². The van der Waals surface area contributed by atoms with E-state index in [1.165, 1.54) is 0 Å². The van der Waals surface area contributed by atoms with Gasteiger partial charge in [-0.3, -0.25) is 0 Å². The zero-order valence-electron chi connectivity index (χ0n) is 6.88. The Bertz CT molecular complexity index is 478. The van der Waals surface area contributed by atoms with Gasteiger partial charge >= 0.3 is 0 Å². The summed E-state index contributed by atoms with van der Waals surface area (Å²) in [4.78, 5) is 4.26. The zero-order chi connectivity index (χ0) is 9.59. The molecule has 0 saturated carbocycles. The van der Waals surface area contributed by atoms with Gasteiger partial charge < -0.3 is 10.3 Å². The van der Waals surface area contributed by atoms with Crippen LogP contribution >= 0.6 is 27.5 Å². The van der Waals surface area contributed by atoms with Crippen molar-refractivity contribution in [3.8, 4) is 0 Å². The summed E-state index contributed by atoms with van der Waals surface area (Å²) in [5.41, 5.74) is 8.01. The normalized spacial score (nSPS) is 11.0. The van der Waals surface area contributed by atoms with Crippen LogP contribution < -0.4 is 5.73 Å². The van der Waals surface area contributed by atoms with Crippen LogP contribution in [0.2, 0.25) is 5.02 Å². The number of hydrogen-bond acceptors (Lipinski definition) is 2. The fourth-order valence-electron chi connectivity index (χ4n) is 1.20. The predicted molar refractivity (Wildman–Crippen MR) is 57.8 cm³/mol. The maximum absolute atomic E-state index is 5.89. The summed E-state index contributed by atoms with van der Waals surface area (Å²) in [6.45, 7) is 0. The number of halogens is 2. The molecular formula is C8H7BrClN3. The molecule has 0 aliphatic rings. The third-order valence-corrected chi connectivity index (χ3v) is 2.98. The summed E-state index contributed by atoms with van der Waals surface area (Å²) in [5, 5.41) is 0.558. The fraction of sp³-hybridized carbons (Fsp3) is 0.125. The maximum Gasteiger partial charge on any atom is 0.177 e. The molecule has 13 heavy (non-hydrogen) atoms. The number of nitrogen functional groups attached to an aromatic ring is 1. The third kappa shape index (κ3) is 1.30. The topological polar surface area (TPSA) is 43.8 Å². The monoisotopic (exact) mass is 259 g/mol. The van der Waals surface area contributed by atoms with E-state index in [-0.39, 0.29) is 0 Å². The molecule has 2 aromatic rings. The molecular weight excluding hydrogens is 253 g/mol. The molecule has 3 nitrogen and oxygen atoms in total. The lowest BCUT2D eigenvalue weighted by Crippen LogP contribution is -1.89. The van der Waals surface area contributed by atoms with Crippen LogP contribution in [0.25, 0.3) is 11.0 Å². The van der Waals surface area contributed by atoms with E-state index in [2.05, 4.69) is 20.9 Å². The molecule has 0 bridgehead atoms. The van der Waals surface area contributed by atoms with Crippen molar-refractivity contribution in [1.29, 1.82) is 0 Å². The van der Waals surface area contributed by atoms with E-state index in [4.69, 9.17) is 17.3 Å². The quantitative estimate of drug-likeness (QED) is 0.740. The lowest BCUT2D eigenvalue weighted by molar-refractivity contribution is 0.912. The van der Waals surface area contributed by atoms with Crippen LogP contribution in [0.15, 0.2) is 16.9 Å². The number of benzene rings is 1. The largest absolute Gasteiger partial charge is 0.397 e. The molecule has 0 aliphatic carbocycles. The van der Waals surface area contributed by atoms with Crippen LogP contribution in [0.5, 0.6) is 0 Å². The average Bonchev–Trinajstić information content (AvgIpc) is 2.32. The van der Waals surface area contributed by atoms with E-state index >= 15 is 0 Å². The van der Waals surface area contributed by atoms with Gasteiger partial charge in [0.05, 0.1) is 21.7 Å². The molecule has 0 unspecified atom stereocenters. The van der Waals surface area contributed by atoms with Gasteiger partial charge in [-0.15, -0.1) is 0 Å². The first-order valence-corrected chi connectivity index (χ1v) is 4.83. The molecule has 0 fully saturated rings. The Labute approximate surface area is 88.6 Å². The highest BCUT2D eigenvalue weighted by atomic mass is 79.9. The second-order valence-electron chi connectivity index (χ2n) is 2.80. The lowest BCUT2D eigenvalue weighted by Gasteiger charge is -1.98. The highest BCUT2D eigenvalue weighted by molar-refractivity contribution is 9.10. The highest BCUT2D eigenvalue weighted by Crippen LogP contribution is 2.27. The molecule has 0 radical (unpaired) electrons. The molecule has 0 saturated heterocycles. The molecule has 2 rings (SSSR count). The number of rotatable bonds is 0. The van der Waals surface area contributed by atoms with Gasteiger partial charge in [-0.05, 0) is 28.1 Å². The first-order valence-electron chi connectivity index (χ1n) is 3.66. The van der Waals surface area contributed by atoms with Crippen molar-refractivity contribution in [2.45, 2.75) is 0 Å². The zero-order valence-corrected chi connectivity index (χ0v) is 9.22. The lowest BCUT2D eigenvalue weighted by atomic mass is 10.3. The van der Waals surface area contributed by atoms with Crippen LogP contribution in [-0.4, -0.2) is 9.55 Å². The number of nitrogens with zero attached hydrogens (tertiary/aromatic N) is 2. The number of aryl methyl sites for hydroxylation is 1. The van der Waals surface area contributed by atoms with Crippen molar-refractivity contribution < 1.29 is 0 Å². The molecule has 0 atom stereocenters. The molecule has 5 heteroatoms. The minimum Gasteiger partial charge on any atom is -0.397 e. The molecule has 0 spiro atoms. The van der Waals surface area contributed by atoms with Gasteiger partial charge in [0.25, 0.3) is 0 Å². The molecule has 1 heterocycles. The van der Waals surface area contributed by atoms with Crippen LogP contribution in [0.3, 0.4) is 0 Å². The maximum atomic E-state index is 5.89. The Morgan fingerprint density at radius 3 is 2.92 bits per heavy atom. The number of imidazole rings is 1. The molecule has 0 amide bonds. The van der Waals surface area contributed by atoms with Crippen molar-refractivity contribution >= 4 is 44.3 Å². The number of fused-ring (bicyclic) bond motifs is 1. The Morgan fingerprint density at radius 1 is 1.54 bits per heavy atom. The van der Waals surface area contributed by atoms with Gasteiger partial charge in [-0.1, -0.05) is 11.6 Å². The second-order valence-corrected chi connectivity index (χ2v) is 3.92. The van der Waals surface area contributed by atoms with E-state index in [9.17, 15) is 0 Å². The first-order chi connectivity index (χ1) is 6.09. The molecule has 68 valence electrons. The Hall–Kier alpha value is -0.740. The van der Waals surface area contributed by atoms with Gasteiger partial charge in [0.1, 0.15) is 0 Å². The summed E-state index contributed by atoms with van der Waals surface area (Å²) >= 11 is 9.21. The van der Waals surface area contributed by atoms with Crippen LogP contribution in [0.1, 0.15) is 0 Å². The van der Waals surface area contributed by atoms with Crippen molar-refractivity contribution in [1.82, 2.24) is 9.55 Å². The average molecular weight is 261 g/mol. The number of hydrogen-bond donors (Lipinski definition) is 1. The van der Waals surface area contributed by atoms with Crippen LogP contribution in [0.4, 0.5) is 5.69 Å². The Balaban J connectivity index is 2.89. The van der Waals surface area contributed by atoms with E-state index in [1.807, 2.05) is 17.7 Å². The minimum atomic E-state index is 0.555. The first kappa shape index (κ1) is 8.84. The van der Waals surface area contributed by atoms with Crippen molar-refractivity contribution in [2.24, 2.45) is 7.05 Å². The van der Waals surface area contributed by atoms with Crippen LogP contribution in [0, 0.1) is 0 Å². The SMILES string of the molecule is Cn1c(Br)nc2cc(N)c(Cl)cc21. The molecule has 0 aliphatic heterocycles. The number of nitrogens with two attached hydrogens (primary N) is 1. The molecule has 1 aromatic heterocycles. The van der Waals surface area contributed by atoms with E-state index in [1.54, 1.807) is 6.07 Å². The minimum absolute atomic E-state index is 0.555. The second kappa shape index (κ2) is 2.89. The van der Waals surface area contributed by atoms with E-state index in [0.717, 1.165) is 15.8 Å². The Morgan fingerprint density at radius 2 is 2.23 bits per heavy atom. The summed E-state index contributed by atoms with van der Waals surface area (Å²) in [6.07, 6.45) is 0. The van der Waals surface area contributed by atoms with Gasteiger partial charge in [-0.2, -0.15) is 0 Å². The van der Waals surface area contributed by atoms with Crippen LogP contribution in [-0.2, 0) is 7.05 Å². The fourth-order valence-corrected chi connectivity index (χ4v) is 1.74. The van der Waals surface area contributed by atoms with Gasteiger partial charge in [0.2, 0.25) is 0 Å². The summed E-state index contributed by atoms with van der Waals surface area (Å²) in [6, 6.07) is 3.58. The summed E-state index contributed by atoms with van der Waals surface area (Å²) in [5.74, 6) is 0. The Kier molecular flexibility index (Phi) is 1.96. The van der Waals surface area contributed by atoms with Gasteiger partial charge in [0.15, 0.2) is 4.73 Å². The van der Waals surface area contributed by atoms with E-state index in [0.29, 0.717) is 10.7 Å². The number of anilines is 1. The highest BCUT2D eigenvalue weighted by Gasteiger charge is 2.07. The standard InChI is InChI=1S/C8H7BrClN3/c1-13-7-2-4(10)5(11)3-6(7)12-8(13)9/h2-3H,11H2,1H3. The molecule has 1 aromatic carbocycles. The smallest absolute Gasteiger partial charge is 0.177 e. The molecule has 2 N–H and O–H groups in total. The summed E-state index contributed by atoms with van der Waals surface area (Å²) < 4.78 is 2.67. The van der Waals surface area contributed by atoms with Crippen molar-refractivity contribution in [3.63, 3.8) is 0 Å². The summed E-state index contributed by atoms with van der Waals surface area (Å²) in [7, 11) is 1.91. The van der Waals surface area contributed by atoms with Crippen molar-refractivity contribution in [2.75, 3.05) is 5.73 Å². The van der Waals surface area contributed by atoms with Gasteiger partial charge in [-0.25, -0.2) is 4.98 Å². The van der Waals surface area contributed by atoms with E-state index < -0.39 is 0 Å². The third-order valence-electron chi connectivity index (χ3n) is 1.94.